The number of hydrogen-bond donors (Lipinski definition) is 0. The normalized spacial score (nSPS) is 17.4. The van der Waals surface area contributed by atoms with Gasteiger partial charge in [-0.1, -0.05) is 284 Å². The Bertz CT molecular complexity index is 5890. The van der Waals surface area contributed by atoms with E-state index in [4.69, 9.17) is 0 Å². The molecular weight excluding hydrogens is 1150 g/mol. The highest BCUT2D eigenvalue weighted by Gasteiger charge is 2.39. The van der Waals surface area contributed by atoms with Gasteiger partial charge in [-0.05, 0) is 183 Å². The van der Waals surface area contributed by atoms with E-state index in [2.05, 4.69) is 354 Å². The molecule has 5 aliphatic carbocycles. The Morgan fingerprint density at radius 3 is 1.32 bits per heavy atom. The van der Waals surface area contributed by atoms with Crippen molar-refractivity contribution in [3.63, 3.8) is 0 Å². The summed E-state index contributed by atoms with van der Waals surface area (Å²) in [6.45, 7) is 14.3. The van der Waals surface area contributed by atoms with Gasteiger partial charge in [0.15, 0.2) is 0 Å². The molecule has 2 nitrogen and oxygen atoms in total. The second-order valence-electron chi connectivity index (χ2n) is 28.7. The van der Waals surface area contributed by atoms with Gasteiger partial charge in [-0.25, -0.2) is 0 Å². The average Bonchev–Trinajstić information content (AvgIpc) is 1.59. The minimum Gasteiger partial charge on any atom is -0.309 e. The fourth-order valence-corrected chi connectivity index (χ4v) is 17.7. The van der Waals surface area contributed by atoms with E-state index in [1.807, 2.05) is 0 Å². The van der Waals surface area contributed by atoms with Crippen molar-refractivity contribution in [3.8, 4) is 55.9 Å². The maximum Gasteiger partial charge on any atom is 0.0541 e. The van der Waals surface area contributed by atoms with E-state index < -0.39 is 0 Å². The lowest BCUT2D eigenvalue weighted by atomic mass is 9.73. The largest absolute Gasteiger partial charge is 0.309 e. The Kier molecular flexibility index (Phi) is 12.0. The van der Waals surface area contributed by atoms with Crippen LogP contribution in [0.25, 0.3) is 134 Å². The fraction of sp³-hybridized carbons (Fsp3) is 0.118. The van der Waals surface area contributed by atoms with Crippen LogP contribution in [-0.2, 0) is 16.2 Å². The Labute approximate surface area is 555 Å². The van der Waals surface area contributed by atoms with Gasteiger partial charge in [0.2, 0.25) is 0 Å². The number of para-hydroxylation sites is 2. The lowest BCUT2D eigenvalue weighted by molar-refractivity contribution is 0.653. The molecule has 0 radical (unpaired) electrons. The Balaban J connectivity index is 0.591. The van der Waals surface area contributed by atoms with Gasteiger partial charge in [-0.15, -0.1) is 0 Å². The third-order valence-electron chi connectivity index (χ3n) is 22.6. The summed E-state index contributed by atoms with van der Waals surface area (Å²) < 4.78 is 4.94. The Hall–Kier alpha value is -11.1. The number of rotatable bonds is 8. The SMILES string of the molecule is CC1(C)c2cc(C=CC3=CC=C(c4ccc5c(c4)c4ccccc4n5-c4ccc5c(c4)C(C)(C)c4ccccc4-5)C4C=CC=CC34)ccc2-c2ccc(C=Cc3ccc(-c4ccc5c(c4)c4ccccc4n5-c4ccc5c(c4)C(C)(C)c4ccccc4-5)c4ccccc34)cc21. The molecule has 14 aromatic rings. The highest BCUT2D eigenvalue weighted by Crippen LogP contribution is 2.54. The van der Waals surface area contributed by atoms with Crippen molar-refractivity contribution < 1.29 is 0 Å². The van der Waals surface area contributed by atoms with E-state index in [0.717, 1.165) is 0 Å². The Morgan fingerprint density at radius 1 is 0.295 bits per heavy atom. The summed E-state index contributed by atoms with van der Waals surface area (Å²) in [7, 11) is 0. The van der Waals surface area contributed by atoms with Crippen molar-refractivity contribution in [2.45, 2.75) is 57.8 Å². The van der Waals surface area contributed by atoms with E-state index in [1.54, 1.807) is 0 Å². The van der Waals surface area contributed by atoms with Gasteiger partial charge in [-0.2, -0.15) is 0 Å². The summed E-state index contributed by atoms with van der Waals surface area (Å²) in [4.78, 5) is 0. The second kappa shape index (κ2) is 20.5. The molecule has 2 aromatic heterocycles. The Morgan fingerprint density at radius 2 is 0.726 bits per heavy atom. The van der Waals surface area contributed by atoms with Crippen molar-refractivity contribution in [3.05, 3.63) is 346 Å². The van der Waals surface area contributed by atoms with Gasteiger partial charge in [0.1, 0.15) is 0 Å². The molecule has 5 aliphatic rings. The lowest BCUT2D eigenvalue weighted by Gasteiger charge is -2.31. The zero-order valence-corrected chi connectivity index (χ0v) is 54.4. The topological polar surface area (TPSA) is 9.86 Å². The summed E-state index contributed by atoms with van der Waals surface area (Å²) in [5, 5.41) is 7.57. The quantitative estimate of drug-likeness (QED) is 0.134. The van der Waals surface area contributed by atoms with Crippen LogP contribution in [0.15, 0.2) is 291 Å². The average molecular weight is 1220 g/mol. The van der Waals surface area contributed by atoms with Crippen LogP contribution >= 0.6 is 0 Å². The van der Waals surface area contributed by atoms with Crippen molar-refractivity contribution >= 4 is 78.2 Å². The number of nitrogens with zero attached hydrogens (tertiary/aromatic N) is 2. The van der Waals surface area contributed by atoms with E-state index >= 15 is 0 Å². The standard InChI is InChI=1S/C93H70N2/c1-91(2)81-27-15-11-23-71(81)75-47-41-63(55-85(75)91)94-87-29-17-13-25-77(87)79-53-61(39-49-89(79)94)67-45-37-59(65-19-7-9-21-69(65)67)35-31-57-33-43-73-74-44-34-58(52-84(74)93(5,6)83(73)51-57)32-36-60-38-46-68(70-22-10-8-20-66(60)70)62-40-50-90-80(54-62)78-26-14-18-30-88(78)95(90)64-42-48-76-72-24-12-16-28-82(72)92(3,4)86(76)56-64/h7-56,65,69H,1-6H3. The van der Waals surface area contributed by atoms with Crippen LogP contribution in [0.5, 0.6) is 0 Å². The van der Waals surface area contributed by atoms with Gasteiger partial charge >= 0.3 is 0 Å². The molecule has 0 saturated carbocycles. The molecule has 2 heterocycles. The van der Waals surface area contributed by atoms with Crippen LogP contribution < -0.4 is 0 Å². The van der Waals surface area contributed by atoms with Crippen molar-refractivity contribution in [1.29, 1.82) is 0 Å². The minimum atomic E-state index is -0.174. The van der Waals surface area contributed by atoms with Crippen LogP contribution in [0.4, 0.5) is 0 Å². The summed E-state index contributed by atoms with van der Waals surface area (Å²) in [5.41, 5.74) is 33.4. The first-order chi connectivity index (χ1) is 46.4. The number of allylic oxidation sites excluding steroid dienone is 9. The summed E-state index contributed by atoms with van der Waals surface area (Å²) in [5.74, 6) is 0.456. The first-order valence-electron chi connectivity index (χ1n) is 33.9. The maximum absolute atomic E-state index is 2.48. The number of fused-ring (bicyclic) bond motifs is 17. The zero-order valence-electron chi connectivity index (χ0n) is 54.4. The molecule has 0 fully saturated rings. The molecule has 19 rings (SSSR count). The van der Waals surface area contributed by atoms with Gasteiger partial charge in [0, 0.05) is 61.0 Å². The highest BCUT2D eigenvalue weighted by atomic mass is 15.0. The van der Waals surface area contributed by atoms with Crippen LogP contribution in [0.2, 0.25) is 0 Å². The molecule has 0 bridgehead atoms. The van der Waals surface area contributed by atoms with Crippen molar-refractivity contribution in [2.75, 3.05) is 0 Å². The van der Waals surface area contributed by atoms with Gasteiger partial charge in [0.05, 0.1) is 22.1 Å². The molecule has 0 saturated heterocycles. The third-order valence-corrected chi connectivity index (χ3v) is 22.6. The predicted molar refractivity (Wildman–Crippen MR) is 403 cm³/mol. The molecule has 2 unspecified atom stereocenters. The maximum atomic E-state index is 2.48. The van der Waals surface area contributed by atoms with Crippen LogP contribution in [0, 0.1) is 11.8 Å². The van der Waals surface area contributed by atoms with E-state index in [1.165, 1.54) is 177 Å². The first-order valence-corrected chi connectivity index (χ1v) is 33.9. The minimum absolute atomic E-state index is 0.0742. The van der Waals surface area contributed by atoms with Crippen molar-refractivity contribution in [1.82, 2.24) is 9.13 Å². The van der Waals surface area contributed by atoms with E-state index in [0.29, 0.717) is 0 Å². The van der Waals surface area contributed by atoms with Crippen molar-refractivity contribution in [2.24, 2.45) is 11.8 Å². The second-order valence-corrected chi connectivity index (χ2v) is 28.7. The van der Waals surface area contributed by atoms with Gasteiger partial charge < -0.3 is 9.13 Å². The molecule has 0 aliphatic heterocycles. The smallest absolute Gasteiger partial charge is 0.0541 e. The summed E-state index contributed by atoms with van der Waals surface area (Å²) >= 11 is 0. The van der Waals surface area contributed by atoms with E-state index in [-0.39, 0.29) is 28.1 Å². The molecule has 0 spiro atoms. The molecule has 0 N–H and O–H groups in total. The van der Waals surface area contributed by atoms with Crippen LogP contribution in [0.1, 0.15) is 97.2 Å². The zero-order chi connectivity index (χ0) is 63.6. The number of hydrogen-bond acceptors (Lipinski definition) is 0. The molecule has 0 amide bonds. The molecule has 95 heavy (non-hydrogen) atoms. The number of aromatic nitrogens is 2. The lowest BCUT2D eigenvalue weighted by Crippen LogP contribution is -2.19. The molecule has 452 valence electrons. The fourth-order valence-electron chi connectivity index (χ4n) is 17.7. The molecule has 12 aromatic carbocycles. The van der Waals surface area contributed by atoms with Gasteiger partial charge in [0.25, 0.3) is 0 Å². The summed E-state index contributed by atoms with van der Waals surface area (Å²) in [6, 6.07) is 91.8. The first kappa shape index (κ1) is 55.6. The number of benzene rings is 12. The van der Waals surface area contributed by atoms with Crippen LogP contribution in [-0.4, -0.2) is 9.13 Å². The predicted octanol–water partition coefficient (Wildman–Crippen LogP) is 24.2. The monoisotopic (exact) mass is 1210 g/mol. The molecule has 2 atom stereocenters. The summed E-state index contributed by atoms with van der Waals surface area (Å²) in [6.07, 6.45) is 23.3. The molecule has 2 heteroatoms. The molecular formula is C93H70N2. The highest BCUT2D eigenvalue weighted by molar-refractivity contribution is 6.13. The third kappa shape index (κ3) is 8.23. The van der Waals surface area contributed by atoms with Gasteiger partial charge in [-0.3, -0.25) is 0 Å². The van der Waals surface area contributed by atoms with Crippen LogP contribution in [0.3, 0.4) is 0 Å². The van der Waals surface area contributed by atoms with E-state index in [9.17, 15) is 0 Å².